The van der Waals surface area contributed by atoms with E-state index in [-0.39, 0.29) is 11.4 Å². The van der Waals surface area contributed by atoms with Crippen molar-refractivity contribution in [3.05, 3.63) is 24.3 Å². The molecule has 3 N–H and O–H groups in total. The van der Waals surface area contributed by atoms with Gasteiger partial charge in [-0.2, -0.15) is 21.6 Å². The van der Waals surface area contributed by atoms with Crippen molar-refractivity contribution in [3.8, 4) is 0 Å². The highest BCUT2D eigenvalue weighted by molar-refractivity contribution is 7.90. The molecule has 0 aromatic heterocycles. The molecule has 1 aromatic carbocycles. The lowest BCUT2D eigenvalue weighted by Gasteiger charge is -2.09. The molecule has 1 rings (SSSR count). The summed E-state index contributed by atoms with van der Waals surface area (Å²) in [6.45, 7) is 0. The van der Waals surface area contributed by atoms with Gasteiger partial charge in [-0.05, 0) is 24.3 Å². The van der Waals surface area contributed by atoms with Crippen LogP contribution >= 0.6 is 0 Å². The monoisotopic (exact) mass is 297 g/mol. The van der Waals surface area contributed by atoms with Crippen molar-refractivity contribution in [2.24, 2.45) is 0 Å². The van der Waals surface area contributed by atoms with E-state index in [1.807, 2.05) is 4.72 Å². The molecule has 0 atom stereocenters. The summed E-state index contributed by atoms with van der Waals surface area (Å²) in [7, 11) is -2.50. The fourth-order valence-electron chi connectivity index (χ4n) is 1.03. The number of carbonyl (C=O) groups excluding carboxylic acids is 1. The number of halogens is 3. The van der Waals surface area contributed by atoms with Crippen molar-refractivity contribution in [1.29, 1.82) is 0 Å². The summed E-state index contributed by atoms with van der Waals surface area (Å²) in [5, 5.41) is 1.63. The summed E-state index contributed by atoms with van der Waals surface area (Å²) in [4.78, 5) is 10.6. The Kier molecular flexibility index (Phi) is 4.37. The number of carbonyl (C=O) groups is 1. The number of anilines is 2. The largest absolute Gasteiger partial charge is 0.471 e. The number of amides is 1. The number of benzene rings is 1. The first-order valence-electron chi connectivity index (χ1n) is 4.83. The molecule has 10 heteroatoms. The number of nitrogens with one attached hydrogen (secondary N) is 3. The number of hydrogen-bond acceptors (Lipinski definition) is 3. The first-order chi connectivity index (χ1) is 8.64. The van der Waals surface area contributed by atoms with Gasteiger partial charge in [0.2, 0.25) is 0 Å². The van der Waals surface area contributed by atoms with E-state index >= 15 is 0 Å². The maximum atomic E-state index is 12.0. The van der Waals surface area contributed by atoms with Crippen LogP contribution in [-0.4, -0.2) is 27.5 Å². The SMILES string of the molecule is CNS(=O)(=O)Nc1ccc(NC(=O)C(F)(F)F)cc1. The van der Waals surface area contributed by atoms with Gasteiger partial charge in [-0.1, -0.05) is 0 Å². The minimum Gasteiger partial charge on any atom is -0.318 e. The molecule has 0 saturated heterocycles. The fraction of sp³-hybridized carbons (Fsp3) is 0.222. The minimum atomic E-state index is -4.98. The zero-order chi connectivity index (χ0) is 14.7. The van der Waals surface area contributed by atoms with Crippen molar-refractivity contribution in [3.63, 3.8) is 0 Å². The third kappa shape index (κ3) is 4.75. The van der Waals surface area contributed by atoms with Crippen molar-refractivity contribution >= 4 is 27.5 Å². The summed E-state index contributed by atoms with van der Waals surface area (Å²) in [6, 6.07) is 4.69. The van der Waals surface area contributed by atoms with Crippen molar-refractivity contribution < 1.29 is 26.4 Å². The molecule has 6 nitrogen and oxygen atoms in total. The summed E-state index contributed by atoms with van der Waals surface area (Å²) in [5.74, 6) is -2.10. The zero-order valence-electron chi connectivity index (χ0n) is 9.58. The van der Waals surface area contributed by atoms with Gasteiger partial charge in [0.1, 0.15) is 0 Å². The van der Waals surface area contributed by atoms with Crippen LogP contribution < -0.4 is 14.8 Å². The average Bonchev–Trinajstić information content (AvgIpc) is 2.30. The van der Waals surface area contributed by atoms with Gasteiger partial charge in [-0.15, -0.1) is 0 Å². The predicted molar refractivity (Wildman–Crippen MR) is 62.7 cm³/mol. The Morgan fingerprint density at radius 3 is 2.00 bits per heavy atom. The van der Waals surface area contributed by atoms with Crippen LogP contribution in [0.15, 0.2) is 24.3 Å². The van der Waals surface area contributed by atoms with Crippen LogP contribution in [0, 0.1) is 0 Å². The molecule has 19 heavy (non-hydrogen) atoms. The lowest BCUT2D eigenvalue weighted by molar-refractivity contribution is -0.167. The maximum Gasteiger partial charge on any atom is 0.471 e. The summed E-state index contributed by atoms with van der Waals surface area (Å²) in [5.41, 5.74) is 0.0362. The van der Waals surface area contributed by atoms with Crippen LogP contribution in [0.5, 0.6) is 0 Å². The van der Waals surface area contributed by atoms with E-state index in [0.29, 0.717) is 0 Å². The summed E-state index contributed by atoms with van der Waals surface area (Å²) in [6.07, 6.45) is -4.98. The standard InChI is InChI=1S/C9H10F3N3O3S/c1-13-19(17,18)15-7-4-2-6(3-5-7)14-8(16)9(10,11)12/h2-5,13,15H,1H3,(H,14,16). The van der Waals surface area contributed by atoms with Crippen LogP contribution in [-0.2, 0) is 15.0 Å². The van der Waals surface area contributed by atoms with Gasteiger partial charge in [-0.3, -0.25) is 9.52 Å². The summed E-state index contributed by atoms with van der Waals surface area (Å²) >= 11 is 0. The molecule has 0 heterocycles. The second-order valence-corrected chi connectivity index (χ2v) is 4.96. The van der Waals surface area contributed by atoms with Gasteiger partial charge < -0.3 is 5.32 Å². The Morgan fingerprint density at radius 2 is 1.58 bits per heavy atom. The van der Waals surface area contributed by atoms with E-state index in [2.05, 4.69) is 4.72 Å². The van der Waals surface area contributed by atoms with Crippen molar-refractivity contribution in [2.45, 2.75) is 6.18 Å². The Morgan fingerprint density at radius 1 is 1.11 bits per heavy atom. The lowest BCUT2D eigenvalue weighted by atomic mass is 10.3. The third-order valence-corrected chi connectivity index (χ3v) is 2.96. The molecule has 1 amide bonds. The highest BCUT2D eigenvalue weighted by atomic mass is 32.2. The molecular formula is C9H10F3N3O3S. The van der Waals surface area contributed by atoms with Crippen LogP contribution in [0.4, 0.5) is 24.5 Å². The number of hydrogen-bond donors (Lipinski definition) is 3. The van der Waals surface area contributed by atoms with Gasteiger partial charge in [0.15, 0.2) is 0 Å². The molecule has 0 aliphatic heterocycles. The first-order valence-corrected chi connectivity index (χ1v) is 6.32. The molecule has 0 bridgehead atoms. The van der Waals surface area contributed by atoms with Gasteiger partial charge in [-0.25, -0.2) is 4.72 Å². The molecule has 0 aliphatic carbocycles. The van der Waals surface area contributed by atoms with Crippen molar-refractivity contribution in [2.75, 3.05) is 17.1 Å². The Labute approximate surface area is 107 Å². The van der Waals surface area contributed by atoms with Crippen LogP contribution in [0.25, 0.3) is 0 Å². The highest BCUT2D eigenvalue weighted by Gasteiger charge is 2.38. The first kappa shape index (κ1) is 15.2. The zero-order valence-corrected chi connectivity index (χ0v) is 10.4. The Hall–Kier alpha value is -1.81. The van der Waals surface area contributed by atoms with Crippen molar-refractivity contribution in [1.82, 2.24) is 4.72 Å². The molecule has 0 saturated carbocycles. The molecular weight excluding hydrogens is 287 g/mol. The van der Waals surface area contributed by atoms with Crippen LogP contribution in [0.1, 0.15) is 0 Å². The predicted octanol–water partition coefficient (Wildman–Crippen LogP) is 1.06. The smallest absolute Gasteiger partial charge is 0.318 e. The molecule has 0 radical (unpaired) electrons. The van der Waals surface area contributed by atoms with E-state index in [0.717, 1.165) is 12.1 Å². The average molecular weight is 297 g/mol. The van der Waals surface area contributed by atoms with E-state index in [1.165, 1.54) is 19.2 Å². The molecule has 1 aromatic rings. The number of rotatable bonds is 4. The Balaban J connectivity index is 2.75. The normalized spacial score (nSPS) is 12.0. The van der Waals surface area contributed by atoms with Gasteiger partial charge in [0.05, 0.1) is 0 Å². The molecule has 0 aliphatic rings. The van der Waals surface area contributed by atoms with E-state index < -0.39 is 22.3 Å². The van der Waals surface area contributed by atoms with Crippen LogP contribution in [0.2, 0.25) is 0 Å². The summed E-state index contributed by atoms with van der Waals surface area (Å²) < 4.78 is 62.3. The topological polar surface area (TPSA) is 87.3 Å². The quantitative estimate of drug-likeness (QED) is 0.776. The van der Waals surface area contributed by atoms with Gasteiger partial charge in [0.25, 0.3) is 10.2 Å². The third-order valence-electron chi connectivity index (χ3n) is 1.92. The highest BCUT2D eigenvalue weighted by Crippen LogP contribution is 2.19. The van der Waals surface area contributed by atoms with Gasteiger partial charge >= 0.3 is 12.1 Å². The number of alkyl halides is 3. The lowest BCUT2D eigenvalue weighted by Crippen LogP contribution is -2.30. The van der Waals surface area contributed by atoms with E-state index in [9.17, 15) is 26.4 Å². The molecule has 0 fully saturated rings. The van der Waals surface area contributed by atoms with Gasteiger partial charge in [0, 0.05) is 18.4 Å². The molecule has 0 spiro atoms. The maximum absolute atomic E-state index is 12.0. The minimum absolute atomic E-state index is 0.102. The second-order valence-electron chi connectivity index (χ2n) is 3.34. The van der Waals surface area contributed by atoms with E-state index in [4.69, 9.17) is 0 Å². The van der Waals surface area contributed by atoms with Crippen LogP contribution in [0.3, 0.4) is 0 Å². The van der Waals surface area contributed by atoms with E-state index in [1.54, 1.807) is 5.32 Å². The second kappa shape index (κ2) is 5.45. The molecule has 106 valence electrons. The fourth-order valence-corrected chi connectivity index (χ4v) is 1.58. The molecule has 0 unspecified atom stereocenters. The Bertz CT molecular complexity index is 554.